The summed E-state index contributed by atoms with van der Waals surface area (Å²) in [5.41, 5.74) is 0. The first kappa shape index (κ1) is 11.4. The van der Waals surface area contributed by atoms with E-state index in [4.69, 9.17) is 0 Å². The molecule has 0 aromatic rings. The van der Waals surface area contributed by atoms with Gasteiger partial charge in [-0.2, -0.15) is 0 Å². The molecule has 1 heterocycles. The Morgan fingerprint density at radius 1 is 1.19 bits per heavy atom. The Balaban J connectivity index is 1.57. The lowest BCUT2D eigenvalue weighted by molar-refractivity contribution is -0.127. The lowest BCUT2D eigenvalue weighted by atomic mass is 10.2. The Morgan fingerprint density at radius 3 is 2.62 bits per heavy atom. The SMILES string of the molecule is O=C(CNC(=O)C1CCCN1)NCC1CC1. The first-order valence-corrected chi connectivity index (χ1v) is 6.03. The summed E-state index contributed by atoms with van der Waals surface area (Å²) < 4.78 is 0. The molecular formula is C11H19N3O2. The van der Waals surface area contributed by atoms with Crippen molar-refractivity contribution in [2.75, 3.05) is 19.6 Å². The minimum absolute atomic E-state index is 0.0564. The van der Waals surface area contributed by atoms with E-state index in [-0.39, 0.29) is 24.4 Å². The molecule has 1 saturated carbocycles. The van der Waals surface area contributed by atoms with Crippen molar-refractivity contribution in [1.82, 2.24) is 16.0 Å². The first-order chi connectivity index (χ1) is 7.75. The summed E-state index contributed by atoms with van der Waals surface area (Å²) in [6.07, 6.45) is 4.35. The summed E-state index contributed by atoms with van der Waals surface area (Å²) in [5, 5.41) is 8.57. The molecule has 16 heavy (non-hydrogen) atoms. The van der Waals surface area contributed by atoms with Crippen molar-refractivity contribution in [2.24, 2.45) is 5.92 Å². The van der Waals surface area contributed by atoms with E-state index in [0.717, 1.165) is 25.9 Å². The topological polar surface area (TPSA) is 70.2 Å². The average molecular weight is 225 g/mol. The van der Waals surface area contributed by atoms with Gasteiger partial charge in [0.2, 0.25) is 11.8 Å². The van der Waals surface area contributed by atoms with Gasteiger partial charge in [-0.25, -0.2) is 0 Å². The van der Waals surface area contributed by atoms with Crippen LogP contribution >= 0.6 is 0 Å². The van der Waals surface area contributed by atoms with Gasteiger partial charge in [0.15, 0.2) is 0 Å². The molecule has 2 fully saturated rings. The molecule has 2 aliphatic rings. The molecule has 90 valence electrons. The Labute approximate surface area is 95.3 Å². The van der Waals surface area contributed by atoms with E-state index >= 15 is 0 Å². The van der Waals surface area contributed by atoms with Crippen LogP contribution in [0.15, 0.2) is 0 Å². The van der Waals surface area contributed by atoms with Crippen molar-refractivity contribution in [3.05, 3.63) is 0 Å². The van der Waals surface area contributed by atoms with Crippen LogP contribution in [0.5, 0.6) is 0 Å². The highest BCUT2D eigenvalue weighted by Crippen LogP contribution is 2.27. The monoisotopic (exact) mass is 225 g/mol. The second-order valence-electron chi connectivity index (χ2n) is 4.61. The first-order valence-electron chi connectivity index (χ1n) is 6.03. The van der Waals surface area contributed by atoms with Crippen LogP contribution < -0.4 is 16.0 Å². The van der Waals surface area contributed by atoms with Gasteiger partial charge >= 0.3 is 0 Å². The molecule has 1 unspecified atom stereocenters. The van der Waals surface area contributed by atoms with Crippen LogP contribution in [0.2, 0.25) is 0 Å². The lowest BCUT2D eigenvalue weighted by Gasteiger charge is -2.10. The Bertz CT molecular complexity index is 270. The maximum Gasteiger partial charge on any atom is 0.239 e. The predicted octanol–water partition coefficient (Wildman–Crippen LogP) is -0.619. The van der Waals surface area contributed by atoms with Gasteiger partial charge in [0, 0.05) is 6.54 Å². The van der Waals surface area contributed by atoms with Crippen molar-refractivity contribution in [3.8, 4) is 0 Å². The van der Waals surface area contributed by atoms with E-state index in [1.54, 1.807) is 0 Å². The number of carbonyl (C=O) groups is 2. The minimum Gasteiger partial charge on any atom is -0.354 e. The number of hydrogen-bond acceptors (Lipinski definition) is 3. The van der Waals surface area contributed by atoms with Crippen LogP contribution in [0.1, 0.15) is 25.7 Å². The summed E-state index contributed by atoms with van der Waals surface area (Å²) in [6, 6.07) is -0.101. The maximum absolute atomic E-state index is 11.5. The third-order valence-corrected chi connectivity index (χ3v) is 3.08. The summed E-state index contributed by atoms with van der Waals surface area (Å²) in [4.78, 5) is 22.9. The predicted molar refractivity (Wildman–Crippen MR) is 59.8 cm³/mol. The standard InChI is InChI=1S/C11H19N3O2/c15-10(13-6-8-3-4-8)7-14-11(16)9-2-1-5-12-9/h8-9,12H,1-7H2,(H,13,15)(H,14,16). The minimum atomic E-state index is -0.101. The number of amides is 2. The Morgan fingerprint density at radius 2 is 2.00 bits per heavy atom. The zero-order valence-corrected chi connectivity index (χ0v) is 9.42. The average Bonchev–Trinajstić information content (AvgIpc) is 2.95. The van der Waals surface area contributed by atoms with Crippen LogP contribution in [0.25, 0.3) is 0 Å². The molecule has 1 aliphatic heterocycles. The van der Waals surface area contributed by atoms with Gasteiger partial charge < -0.3 is 16.0 Å². The smallest absolute Gasteiger partial charge is 0.239 e. The van der Waals surface area contributed by atoms with Crippen molar-refractivity contribution in [3.63, 3.8) is 0 Å². The number of hydrogen-bond donors (Lipinski definition) is 3. The molecule has 5 nitrogen and oxygen atoms in total. The fraction of sp³-hybridized carbons (Fsp3) is 0.818. The van der Waals surface area contributed by atoms with Crippen molar-refractivity contribution < 1.29 is 9.59 Å². The second kappa shape index (κ2) is 5.30. The van der Waals surface area contributed by atoms with Crippen LogP contribution in [0.3, 0.4) is 0 Å². The highest BCUT2D eigenvalue weighted by Gasteiger charge is 2.23. The van der Waals surface area contributed by atoms with E-state index in [0.29, 0.717) is 5.92 Å². The molecule has 1 aliphatic carbocycles. The largest absolute Gasteiger partial charge is 0.354 e. The summed E-state index contributed by atoms with van der Waals surface area (Å²) >= 11 is 0. The van der Waals surface area contributed by atoms with E-state index < -0.39 is 0 Å². The third kappa shape index (κ3) is 3.48. The quantitative estimate of drug-likeness (QED) is 0.584. The molecule has 5 heteroatoms. The molecule has 0 aromatic heterocycles. The Hall–Kier alpha value is -1.10. The van der Waals surface area contributed by atoms with Crippen LogP contribution in [-0.4, -0.2) is 37.5 Å². The van der Waals surface area contributed by atoms with E-state index in [1.807, 2.05) is 0 Å². The van der Waals surface area contributed by atoms with Crippen molar-refractivity contribution in [2.45, 2.75) is 31.7 Å². The molecule has 1 atom stereocenters. The van der Waals surface area contributed by atoms with Gasteiger partial charge in [0.25, 0.3) is 0 Å². The molecule has 0 bridgehead atoms. The van der Waals surface area contributed by atoms with E-state index in [1.165, 1.54) is 12.8 Å². The number of rotatable bonds is 5. The maximum atomic E-state index is 11.5. The van der Waals surface area contributed by atoms with Gasteiger partial charge in [-0.05, 0) is 38.1 Å². The summed E-state index contributed by atoms with van der Waals surface area (Å²) in [7, 11) is 0. The number of carbonyl (C=O) groups excluding carboxylic acids is 2. The highest BCUT2D eigenvalue weighted by molar-refractivity contribution is 5.87. The van der Waals surface area contributed by atoms with Gasteiger partial charge in [-0.15, -0.1) is 0 Å². The van der Waals surface area contributed by atoms with Gasteiger partial charge in [-0.1, -0.05) is 0 Å². The second-order valence-corrected chi connectivity index (χ2v) is 4.61. The fourth-order valence-corrected chi connectivity index (χ4v) is 1.84. The van der Waals surface area contributed by atoms with Crippen molar-refractivity contribution in [1.29, 1.82) is 0 Å². The molecule has 2 amide bonds. The van der Waals surface area contributed by atoms with Gasteiger partial charge in [-0.3, -0.25) is 9.59 Å². The molecule has 1 saturated heterocycles. The fourth-order valence-electron chi connectivity index (χ4n) is 1.84. The molecule has 0 aromatic carbocycles. The van der Waals surface area contributed by atoms with E-state index in [9.17, 15) is 9.59 Å². The lowest BCUT2D eigenvalue weighted by Crippen LogP contribution is -2.44. The van der Waals surface area contributed by atoms with Gasteiger partial charge in [0.05, 0.1) is 12.6 Å². The summed E-state index contributed by atoms with van der Waals surface area (Å²) in [6.45, 7) is 1.76. The molecule has 0 radical (unpaired) electrons. The summed E-state index contributed by atoms with van der Waals surface area (Å²) in [5.74, 6) is 0.536. The molecule has 2 rings (SSSR count). The normalized spacial score (nSPS) is 24.1. The molecular weight excluding hydrogens is 206 g/mol. The molecule has 3 N–H and O–H groups in total. The van der Waals surface area contributed by atoms with Crippen LogP contribution in [0, 0.1) is 5.92 Å². The van der Waals surface area contributed by atoms with Crippen molar-refractivity contribution >= 4 is 11.8 Å². The highest BCUT2D eigenvalue weighted by atomic mass is 16.2. The third-order valence-electron chi connectivity index (χ3n) is 3.08. The molecule has 0 spiro atoms. The van der Waals surface area contributed by atoms with Crippen LogP contribution in [0.4, 0.5) is 0 Å². The zero-order chi connectivity index (χ0) is 11.4. The Kier molecular flexibility index (Phi) is 3.77. The van der Waals surface area contributed by atoms with E-state index in [2.05, 4.69) is 16.0 Å². The van der Waals surface area contributed by atoms with Crippen LogP contribution in [-0.2, 0) is 9.59 Å². The van der Waals surface area contributed by atoms with Gasteiger partial charge in [0.1, 0.15) is 0 Å². The zero-order valence-electron chi connectivity index (χ0n) is 9.42. The number of nitrogens with one attached hydrogen (secondary N) is 3.